The van der Waals surface area contributed by atoms with Crippen LogP contribution in [-0.2, 0) is 0 Å². The van der Waals surface area contributed by atoms with Crippen LogP contribution in [0.2, 0.25) is 0 Å². The quantitative estimate of drug-likeness (QED) is 0.712. The van der Waals surface area contributed by atoms with E-state index in [4.69, 9.17) is 4.74 Å². The normalized spacial score (nSPS) is 14.2. The number of carbonyl (C=O) groups excluding carboxylic acids is 1. The number of amides is 1. The van der Waals surface area contributed by atoms with Crippen LogP contribution in [0.25, 0.3) is 17.1 Å². The monoisotopic (exact) mass is 362 g/mol. The molecule has 1 aliphatic heterocycles. The van der Waals surface area contributed by atoms with Gasteiger partial charge in [-0.2, -0.15) is 0 Å². The van der Waals surface area contributed by atoms with Gasteiger partial charge in [0, 0.05) is 18.7 Å². The first-order chi connectivity index (χ1) is 13.3. The van der Waals surface area contributed by atoms with Crippen molar-refractivity contribution in [3.05, 3.63) is 60.4 Å². The van der Waals surface area contributed by atoms with Crippen molar-refractivity contribution >= 4 is 5.91 Å². The summed E-state index contributed by atoms with van der Waals surface area (Å²) in [6.07, 6.45) is 3.24. The Morgan fingerprint density at radius 2 is 1.78 bits per heavy atom. The van der Waals surface area contributed by atoms with Crippen molar-refractivity contribution in [2.24, 2.45) is 0 Å². The van der Waals surface area contributed by atoms with Crippen molar-refractivity contribution < 1.29 is 9.53 Å². The molecular formula is C21H22N4O2. The molecule has 1 fully saturated rings. The highest BCUT2D eigenvalue weighted by atomic mass is 16.5. The van der Waals surface area contributed by atoms with Gasteiger partial charge >= 0.3 is 0 Å². The lowest BCUT2D eigenvalue weighted by Crippen LogP contribution is -2.36. The van der Waals surface area contributed by atoms with Crippen molar-refractivity contribution in [3.63, 3.8) is 0 Å². The van der Waals surface area contributed by atoms with Crippen molar-refractivity contribution in [3.8, 4) is 22.8 Å². The molecule has 1 amide bonds. The zero-order valence-corrected chi connectivity index (χ0v) is 15.3. The van der Waals surface area contributed by atoms with Crippen LogP contribution in [0.3, 0.4) is 0 Å². The van der Waals surface area contributed by atoms with Crippen LogP contribution < -0.4 is 4.74 Å². The summed E-state index contributed by atoms with van der Waals surface area (Å²) < 4.78 is 7.07. The Kier molecular flexibility index (Phi) is 4.87. The summed E-state index contributed by atoms with van der Waals surface area (Å²) >= 11 is 0. The summed E-state index contributed by atoms with van der Waals surface area (Å²) in [6, 6.07) is 17.4. The minimum absolute atomic E-state index is 0.103. The number of hydrogen-bond donors (Lipinski definition) is 0. The van der Waals surface area contributed by atoms with Gasteiger partial charge in [0.1, 0.15) is 5.75 Å². The average Bonchev–Trinajstić information content (AvgIpc) is 3.20. The number of methoxy groups -OCH3 is 1. The smallest absolute Gasteiger partial charge is 0.293 e. The van der Waals surface area contributed by atoms with Gasteiger partial charge in [-0.25, -0.2) is 9.67 Å². The number of rotatable bonds is 4. The molecule has 2 heterocycles. The summed E-state index contributed by atoms with van der Waals surface area (Å²) in [5, 5.41) is 4.56. The third kappa shape index (κ3) is 3.56. The standard InChI is InChI=1S/C21H22N4O2/c1-27-18-12-8-9-16(15-18)20-22-19(21(26)24-13-6-3-7-14-24)23-25(20)17-10-4-2-5-11-17/h2,4-5,8-12,15H,3,6-7,13-14H2,1H3. The SMILES string of the molecule is COc1cccc(-c2nc(C(=O)N3CCCCC3)nn2-c2ccccc2)c1. The molecule has 6 nitrogen and oxygen atoms in total. The topological polar surface area (TPSA) is 60.2 Å². The van der Waals surface area contributed by atoms with Crippen LogP contribution in [-0.4, -0.2) is 45.8 Å². The molecule has 1 aromatic heterocycles. The molecule has 1 aliphatic rings. The molecule has 3 aromatic rings. The zero-order valence-electron chi connectivity index (χ0n) is 15.3. The van der Waals surface area contributed by atoms with Gasteiger partial charge in [0.25, 0.3) is 5.91 Å². The van der Waals surface area contributed by atoms with Gasteiger partial charge in [0.15, 0.2) is 5.82 Å². The third-order valence-electron chi connectivity index (χ3n) is 4.77. The molecule has 0 aliphatic carbocycles. The molecule has 0 N–H and O–H groups in total. The second-order valence-electron chi connectivity index (χ2n) is 6.59. The first kappa shape index (κ1) is 17.3. The number of piperidine rings is 1. The molecule has 1 saturated heterocycles. The van der Waals surface area contributed by atoms with Crippen LogP contribution in [0.4, 0.5) is 0 Å². The fraction of sp³-hybridized carbons (Fsp3) is 0.286. The summed E-state index contributed by atoms with van der Waals surface area (Å²) in [6.45, 7) is 1.54. The van der Waals surface area contributed by atoms with E-state index >= 15 is 0 Å². The molecule has 2 aromatic carbocycles. The fourth-order valence-electron chi connectivity index (χ4n) is 3.34. The van der Waals surface area contributed by atoms with E-state index in [1.54, 1.807) is 11.8 Å². The predicted octanol–water partition coefficient (Wildman–Crippen LogP) is 3.57. The molecule has 27 heavy (non-hydrogen) atoms. The number of likely N-dealkylation sites (tertiary alicyclic amines) is 1. The Balaban J connectivity index is 1.78. The molecule has 4 rings (SSSR count). The molecule has 0 spiro atoms. The van der Waals surface area contributed by atoms with E-state index in [1.165, 1.54) is 6.42 Å². The van der Waals surface area contributed by atoms with E-state index in [1.807, 2.05) is 59.5 Å². The molecule has 6 heteroatoms. The number of para-hydroxylation sites is 1. The number of ether oxygens (including phenoxy) is 1. The maximum Gasteiger partial charge on any atom is 0.293 e. The minimum atomic E-state index is -0.103. The van der Waals surface area contributed by atoms with Crippen molar-refractivity contribution in [1.29, 1.82) is 0 Å². The highest BCUT2D eigenvalue weighted by molar-refractivity contribution is 5.91. The van der Waals surface area contributed by atoms with Gasteiger partial charge in [-0.1, -0.05) is 30.3 Å². The van der Waals surface area contributed by atoms with Gasteiger partial charge in [-0.15, -0.1) is 5.10 Å². The summed E-state index contributed by atoms with van der Waals surface area (Å²) in [4.78, 5) is 19.4. The Bertz CT molecular complexity index is 930. The van der Waals surface area contributed by atoms with Crippen LogP contribution in [0, 0.1) is 0 Å². The van der Waals surface area contributed by atoms with Gasteiger partial charge in [-0.3, -0.25) is 4.79 Å². The second kappa shape index (κ2) is 7.61. The third-order valence-corrected chi connectivity index (χ3v) is 4.77. The fourth-order valence-corrected chi connectivity index (χ4v) is 3.34. The van der Waals surface area contributed by atoms with E-state index in [0.29, 0.717) is 5.82 Å². The molecule has 0 bridgehead atoms. The van der Waals surface area contributed by atoms with Crippen molar-refractivity contribution in [1.82, 2.24) is 19.7 Å². The number of carbonyl (C=O) groups is 1. The lowest BCUT2D eigenvalue weighted by atomic mass is 10.1. The Morgan fingerprint density at radius 3 is 2.52 bits per heavy atom. The summed E-state index contributed by atoms with van der Waals surface area (Å²) in [7, 11) is 1.63. The average molecular weight is 362 g/mol. The second-order valence-corrected chi connectivity index (χ2v) is 6.59. The van der Waals surface area contributed by atoms with E-state index in [-0.39, 0.29) is 11.7 Å². The zero-order chi connectivity index (χ0) is 18.6. The van der Waals surface area contributed by atoms with E-state index in [9.17, 15) is 4.79 Å². The van der Waals surface area contributed by atoms with Gasteiger partial charge in [-0.05, 0) is 43.5 Å². The van der Waals surface area contributed by atoms with Crippen LogP contribution in [0.5, 0.6) is 5.75 Å². The first-order valence-corrected chi connectivity index (χ1v) is 9.22. The maximum absolute atomic E-state index is 12.9. The van der Waals surface area contributed by atoms with Crippen LogP contribution in [0.15, 0.2) is 54.6 Å². The molecule has 0 unspecified atom stereocenters. The number of benzene rings is 2. The van der Waals surface area contributed by atoms with E-state index in [2.05, 4.69) is 10.1 Å². The highest BCUT2D eigenvalue weighted by Gasteiger charge is 2.24. The summed E-state index contributed by atoms with van der Waals surface area (Å²) in [5.41, 5.74) is 1.71. The molecule has 0 atom stereocenters. The van der Waals surface area contributed by atoms with Gasteiger partial charge in [0.2, 0.25) is 5.82 Å². The molecular weight excluding hydrogens is 340 g/mol. The number of aromatic nitrogens is 3. The van der Waals surface area contributed by atoms with E-state index < -0.39 is 0 Å². The van der Waals surface area contributed by atoms with Gasteiger partial charge in [0.05, 0.1) is 12.8 Å². The number of hydrogen-bond acceptors (Lipinski definition) is 4. The number of nitrogens with zero attached hydrogens (tertiary/aromatic N) is 4. The Hall–Kier alpha value is -3.15. The lowest BCUT2D eigenvalue weighted by Gasteiger charge is -2.25. The minimum Gasteiger partial charge on any atom is -0.497 e. The summed E-state index contributed by atoms with van der Waals surface area (Å²) in [5.74, 6) is 1.49. The molecule has 0 radical (unpaired) electrons. The van der Waals surface area contributed by atoms with Gasteiger partial charge < -0.3 is 9.64 Å². The first-order valence-electron chi connectivity index (χ1n) is 9.22. The molecule has 138 valence electrons. The largest absolute Gasteiger partial charge is 0.497 e. The lowest BCUT2D eigenvalue weighted by molar-refractivity contribution is 0.0712. The van der Waals surface area contributed by atoms with E-state index in [0.717, 1.165) is 42.9 Å². The van der Waals surface area contributed by atoms with Crippen LogP contribution >= 0.6 is 0 Å². The highest BCUT2D eigenvalue weighted by Crippen LogP contribution is 2.25. The predicted molar refractivity (Wildman–Crippen MR) is 103 cm³/mol. The Labute approximate surface area is 158 Å². The van der Waals surface area contributed by atoms with Crippen molar-refractivity contribution in [2.75, 3.05) is 20.2 Å². The Morgan fingerprint density at radius 1 is 1.00 bits per heavy atom. The van der Waals surface area contributed by atoms with Crippen molar-refractivity contribution in [2.45, 2.75) is 19.3 Å². The van der Waals surface area contributed by atoms with Crippen LogP contribution in [0.1, 0.15) is 29.9 Å². The molecule has 0 saturated carbocycles. The maximum atomic E-state index is 12.9.